The summed E-state index contributed by atoms with van der Waals surface area (Å²) in [5.41, 5.74) is 3.48. The van der Waals surface area contributed by atoms with Crippen LogP contribution in [0.1, 0.15) is 56.6 Å². The lowest BCUT2D eigenvalue weighted by atomic mass is 10.0. The van der Waals surface area contributed by atoms with Crippen molar-refractivity contribution < 1.29 is 0 Å². The summed E-state index contributed by atoms with van der Waals surface area (Å²) in [6.07, 6.45) is 7.87. The fraction of sp³-hybridized carbons (Fsp3) is 0.474. The van der Waals surface area contributed by atoms with E-state index in [0.717, 1.165) is 36.4 Å². The van der Waals surface area contributed by atoms with Gasteiger partial charge in [-0.2, -0.15) is 5.10 Å². The lowest BCUT2D eigenvalue weighted by Crippen LogP contribution is -2.33. The highest BCUT2D eigenvalue weighted by Crippen LogP contribution is 2.31. The molecule has 1 aromatic carbocycles. The van der Waals surface area contributed by atoms with Crippen LogP contribution in [0.3, 0.4) is 0 Å². The molecule has 5 nitrogen and oxygen atoms in total. The number of likely N-dealkylation sites (tertiary alicyclic amines) is 1. The maximum atomic E-state index is 4.84. The van der Waals surface area contributed by atoms with Gasteiger partial charge in [0.25, 0.3) is 0 Å². The van der Waals surface area contributed by atoms with Gasteiger partial charge in [0.2, 0.25) is 0 Å². The molecule has 0 unspecified atom stereocenters. The van der Waals surface area contributed by atoms with Gasteiger partial charge < -0.3 is 4.98 Å². The Morgan fingerprint density at radius 2 is 2.12 bits per heavy atom. The number of hydrogen-bond acceptors (Lipinski definition) is 3. The smallest absolute Gasteiger partial charge is 0.124 e. The molecule has 1 saturated heterocycles. The van der Waals surface area contributed by atoms with Gasteiger partial charge >= 0.3 is 0 Å². The van der Waals surface area contributed by atoms with Crippen LogP contribution in [0.4, 0.5) is 0 Å². The minimum absolute atomic E-state index is 0.369. The molecule has 0 spiro atoms. The Morgan fingerprint density at radius 3 is 2.92 bits per heavy atom. The maximum Gasteiger partial charge on any atom is 0.124 e. The van der Waals surface area contributed by atoms with Gasteiger partial charge in [0.05, 0.1) is 23.3 Å². The number of nitrogens with one attached hydrogen (secondary N) is 1. The number of nitrogens with zero attached hydrogens (tertiary/aromatic N) is 4. The summed E-state index contributed by atoms with van der Waals surface area (Å²) in [7, 11) is 0. The Morgan fingerprint density at radius 1 is 1.25 bits per heavy atom. The molecule has 1 fully saturated rings. The van der Waals surface area contributed by atoms with Crippen molar-refractivity contribution in [2.24, 2.45) is 0 Å². The fourth-order valence-electron chi connectivity index (χ4n) is 3.60. The molecule has 1 atom stereocenters. The van der Waals surface area contributed by atoms with Crippen LogP contribution in [0.5, 0.6) is 0 Å². The third-order valence-electron chi connectivity index (χ3n) is 4.91. The molecular weight excluding hydrogens is 298 g/mol. The third kappa shape index (κ3) is 2.96. The van der Waals surface area contributed by atoms with E-state index in [1.54, 1.807) is 0 Å². The molecule has 1 aliphatic heterocycles. The van der Waals surface area contributed by atoms with Gasteiger partial charge in [-0.25, -0.2) is 4.98 Å². The van der Waals surface area contributed by atoms with Crippen LogP contribution in [0.15, 0.2) is 36.7 Å². The quantitative estimate of drug-likeness (QED) is 0.787. The molecule has 3 aromatic rings. The monoisotopic (exact) mass is 323 g/mol. The Kier molecular flexibility index (Phi) is 4.10. The zero-order valence-electron chi connectivity index (χ0n) is 14.4. The molecule has 0 aliphatic carbocycles. The molecule has 0 radical (unpaired) electrons. The first kappa shape index (κ1) is 15.4. The lowest BCUT2D eigenvalue weighted by molar-refractivity contribution is 0.134. The SMILES string of the molecule is CC(C)n1cc(CN2CCCC[C@H]2c2nc3ccccc3[nH]2)cn1. The topological polar surface area (TPSA) is 49.7 Å². The maximum absolute atomic E-state index is 4.84. The molecule has 126 valence electrons. The highest BCUT2D eigenvalue weighted by Gasteiger charge is 2.26. The van der Waals surface area contributed by atoms with E-state index >= 15 is 0 Å². The summed E-state index contributed by atoms with van der Waals surface area (Å²) in [4.78, 5) is 10.9. The van der Waals surface area contributed by atoms with Crippen LogP contribution in [-0.4, -0.2) is 31.2 Å². The zero-order valence-corrected chi connectivity index (χ0v) is 14.4. The van der Waals surface area contributed by atoms with Crippen molar-refractivity contribution in [2.75, 3.05) is 6.54 Å². The summed E-state index contributed by atoms with van der Waals surface area (Å²) >= 11 is 0. The van der Waals surface area contributed by atoms with Crippen molar-refractivity contribution in [3.63, 3.8) is 0 Å². The Balaban J connectivity index is 1.58. The van der Waals surface area contributed by atoms with Crippen molar-refractivity contribution in [1.82, 2.24) is 24.6 Å². The van der Waals surface area contributed by atoms with E-state index in [0.29, 0.717) is 12.1 Å². The Hall–Kier alpha value is -2.14. The normalized spacial score (nSPS) is 19.4. The third-order valence-corrected chi connectivity index (χ3v) is 4.91. The van der Waals surface area contributed by atoms with E-state index in [9.17, 15) is 0 Å². The highest BCUT2D eigenvalue weighted by atomic mass is 15.3. The minimum atomic E-state index is 0.369. The van der Waals surface area contributed by atoms with Gasteiger partial charge in [-0.05, 0) is 45.4 Å². The van der Waals surface area contributed by atoms with Crippen LogP contribution >= 0.6 is 0 Å². The summed E-state index contributed by atoms with van der Waals surface area (Å²) < 4.78 is 2.04. The van der Waals surface area contributed by atoms with Crippen molar-refractivity contribution in [3.05, 3.63) is 48.0 Å². The summed E-state index contributed by atoms with van der Waals surface area (Å²) in [6.45, 7) is 6.38. The molecule has 2 aromatic heterocycles. The molecule has 0 amide bonds. The zero-order chi connectivity index (χ0) is 16.5. The highest BCUT2D eigenvalue weighted by molar-refractivity contribution is 5.74. The van der Waals surface area contributed by atoms with Crippen molar-refractivity contribution in [1.29, 1.82) is 0 Å². The standard InChI is InChI=1S/C19H25N5/c1-14(2)24-13-15(11-20-24)12-23-10-6-5-9-18(23)19-21-16-7-3-4-8-17(16)22-19/h3-4,7-8,11,13-14,18H,5-6,9-10,12H2,1-2H3,(H,21,22)/t18-/m0/s1. The van der Waals surface area contributed by atoms with Crippen LogP contribution in [-0.2, 0) is 6.54 Å². The minimum Gasteiger partial charge on any atom is -0.341 e. The van der Waals surface area contributed by atoms with Gasteiger partial charge in [-0.15, -0.1) is 0 Å². The number of rotatable bonds is 4. The summed E-state index contributed by atoms with van der Waals surface area (Å²) in [5, 5.41) is 4.48. The predicted molar refractivity (Wildman–Crippen MR) is 95.7 cm³/mol. The number of para-hydroxylation sites is 2. The first-order valence-corrected chi connectivity index (χ1v) is 8.92. The second-order valence-electron chi connectivity index (χ2n) is 7.04. The average Bonchev–Trinajstić information content (AvgIpc) is 3.22. The largest absolute Gasteiger partial charge is 0.341 e. The first-order valence-electron chi connectivity index (χ1n) is 8.92. The predicted octanol–water partition coefficient (Wildman–Crippen LogP) is 4.07. The van der Waals surface area contributed by atoms with E-state index < -0.39 is 0 Å². The van der Waals surface area contributed by atoms with E-state index in [2.05, 4.69) is 53.2 Å². The summed E-state index contributed by atoms with van der Waals surface area (Å²) in [6, 6.07) is 9.07. The molecule has 5 heteroatoms. The van der Waals surface area contributed by atoms with Crippen LogP contribution in [0.25, 0.3) is 11.0 Å². The molecule has 0 saturated carbocycles. The van der Waals surface area contributed by atoms with Gasteiger partial charge in [-0.1, -0.05) is 18.6 Å². The number of fused-ring (bicyclic) bond motifs is 1. The summed E-state index contributed by atoms with van der Waals surface area (Å²) in [5.74, 6) is 1.10. The van der Waals surface area contributed by atoms with E-state index in [-0.39, 0.29) is 0 Å². The van der Waals surface area contributed by atoms with Crippen LogP contribution < -0.4 is 0 Å². The van der Waals surface area contributed by atoms with Gasteiger partial charge in [0, 0.05) is 24.3 Å². The molecular formula is C19H25N5. The molecule has 1 N–H and O–H groups in total. The van der Waals surface area contributed by atoms with Crippen molar-refractivity contribution in [3.8, 4) is 0 Å². The molecule has 0 bridgehead atoms. The van der Waals surface area contributed by atoms with Crippen molar-refractivity contribution >= 4 is 11.0 Å². The number of aromatic amines is 1. The second kappa shape index (κ2) is 6.40. The number of aromatic nitrogens is 4. The van der Waals surface area contributed by atoms with Crippen LogP contribution in [0, 0.1) is 0 Å². The lowest BCUT2D eigenvalue weighted by Gasteiger charge is -2.34. The number of imidazole rings is 1. The molecule has 1 aliphatic rings. The molecule has 3 heterocycles. The van der Waals surface area contributed by atoms with Crippen LogP contribution in [0.2, 0.25) is 0 Å². The van der Waals surface area contributed by atoms with Gasteiger partial charge in [-0.3, -0.25) is 9.58 Å². The van der Waals surface area contributed by atoms with Crippen molar-refractivity contribution in [2.45, 2.75) is 51.7 Å². The van der Waals surface area contributed by atoms with E-state index in [4.69, 9.17) is 4.98 Å². The Labute approximate surface area is 142 Å². The molecule has 4 rings (SSSR count). The second-order valence-corrected chi connectivity index (χ2v) is 7.04. The van der Waals surface area contributed by atoms with Gasteiger partial charge in [0.1, 0.15) is 5.82 Å². The molecule has 24 heavy (non-hydrogen) atoms. The number of hydrogen-bond donors (Lipinski definition) is 1. The first-order chi connectivity index (χ1) is 11.7. The van der Waals surface area contributed by atoms with Gasteiger partial charge in [0.15, 0.2) is 0 Å². The number of H-pyrrole nitrogens is 1. The number of benzene rings is 1. The average molecular weight is 323 g/mol. The fourth-order valence-corrected chi connectivity index (χ4v) is 3.60. The van der Waals surface area contributed by atoms with E-state index in [1.165, 1.54) is 18.4 Å². The number of piperidine rings is 1. The van der Waals surface area contributed by atoms with E-state index in [1.807, 2.05) is 16.9 Å². The Bertz CT molecular complexity index is 783.